The lowest BCUT2D eigenvalue weighted by atomic mass is 10.1. The molecular weight excluding hydrogens is 408 g/mol. The van der Waals surface area contributed by atoms with Crippen LogP contribution in [-0.4, -0.2) is 17.6 Å². The first-order valence-corrected chi connectivity index (χ1v) is 10.8. The third-order valence-electron chi connectivity index (χ3n) is 4.67. The van der Waals surface area contributed by atoms with Crippen LogP contribution in [0.2, 0.25) is 0 Å². The third kappa shape index (κ3) is 4.73. The second kappa shape index (κ2) is 9.41. The van der Waals surface area contributed by atoms with Gasteiger partial charge in [-0.05, 0) is 42.8 Å². The number of thiazole rings is 1. The first-order chi connectivity index (χ1) is 15.2. The van der Waals surface area contributed by atoms with Crippen molar-refractivity contribution in [3.05, 3.63) is 77.0 Å². The van der Waals surface area contributed by atoms with E-state index in [-0.39, 0.29) is 5.97 Å². The fourth-order valence-electron chi connectivity index (χ4n) is 3.05. The van der Waals surface area contributed by atoms with E-state index in [9.17, 15) is 10.1 Å². The number of benzene rings is 2. The Hall–Kier alpha value is -3.69. The first kappa shape index (κ1) is 20.6. The van der Waals surface area contributed by atoms with Crippen LogP contribution in [0.25, 0.3) is 33.2 Å². The number of nitrogens with zero attached hydrogens (tertiary/aromatic N) is 2. The molecule has 31 heavy (non-hydrogen) atoms. The van der Waals surface area contributed by atoms with Crippen LogP contribution in [0.4, 0.5) is 0 Å². The second-order valence-corrected chi connectivity index (χ2v) is 7.96. The Morgan fingerprint density at radius 1 is 1.19 bits per heavy atom. The number of carbonyl (C=O) groups is 1. The molecule has 0 unspecified atom stereocenters. The molecule has 0 aliphatic carbocycles. The summed E-state index contributed by atoms with van der Waals surface area (Å²) in [4.78, 5) is 16.8. The van der Waals surface area contributed by atoms with E-state index in [1.165, 1.54) is 11.3 Å². The number of fused-ring (bicyclic) bond motifs is 1. The molecule has 0 amide bonds. The summed E-state index contributed by atoms with van der Waals surface area (Å²) < 4.78 is 12.2. The first-order valence-electron chi connectivity index (χ1n) is 10.0. The molecule has 0 fully saturated rings. The van der Waals surface area contributed by atoms with Crippen molar-refractivity contribution in [2.45, 2.75) is 19.8 Å². The van der Waals surface area contributed by atoms with Crippen molar-refractivity contribution in [2.24, 2.45) is 0 Å². The van der Waals surface area contributed by atoms with Crippen LogP contribution < -0.4 is 0 Å². The quantitative estimate of drug-likeness (QED) is 0.189. The average Bonchev–Trinajstić information content (AvgIpc) is 3.44. The maximum absolute atomic E-state index is 12.2. The van der Waals surface area contributed by atoms with Gasteiger partial charge in [0.1, 0.15) is 22.6 Å². The molecule has 6 heteroatoms. The smallest absolute Gasteiger partial charge is 0.338 e. The predicted molar refractivity (Wildman–Crippen MR) is 122 cm³/mol. The van der Waals surface area contributed by atoms with Gasteiger partial charge in [0.15, 0.2) is 0 Å². The molecule has 2 aromatic heterocycles. The number of hydrogen-bond donors (Lipinski definition) is 0. The fraction of sp³-hybridized carbons (Fsp3) is 0.160. The van der Waals surface area contributed by atoms with E-state index in [0.29, 0.717) is 34.3 Å². The molecule has 2 aromatic carbocycles. The number of carbonyl (C=O) groups excluding carboxylic acids is 1. The molecule has 0 spiro atoms. The minimum atomic E-state index is -0.343. The molecule has 5 nitrogen and oxygen atoms in total. The Bertz CT molecular complexity index is 1260. The van der Waals surface area contributed by atoms with E-state index in [1.54, 1.807) is 30.3 Å². The number of furan rings is 1. The molecule has 0 aliphatic rings. The third-order valence-corrected chi connectivity index (χ3v) is 5.74. The molecule has 2 heterocycles. The van der Waals surface area contributed by atoms with Crippen molar-refractivity contribution >= 4 is 39.2 Å². The van der Waals surface area contributed by atoms with Crippen molar-refractivity contribution in [3.8, 4) is 17.4 Å². The summed E-state index contributed by atoms with van der Waals surface area (Å²) in [5, 5.41) is 10.3. The highest BCUT2D eigenvalue weighted by molar-refractivity contribution is 7.19. The van der Waals surface area contributed by atoms with Gasteiger partial charge in [0.05, 0.1) is 28.0 Å². The van der Waals surface area contributed by atoms with E-state index in [0.717, 1.165) is 28.6 Å². The number of aromatic nitrogens is 1. The van der Waals surface area contributed by atoms with E-state index >= 15 is 0 Å². The van der Waals surface area contributed by atoms with Crippen molar-refractivity contribution < 1.29 is 13.9 Å². The molecular formula is C25H20N2O3S. The number of nitriles is 1. The van der Waals surface area contributed by atoms with Crippen LogP contribution in [0.5, 0.6) is 0 Å². The van der Waals surface area contributed by atoms with Gasteiger partial charge in [-0.2, -0.15) is 5.26 Å². The zero-order valence-corrected chi connectivity index (χ0v) is 17.8. The lowest BCUT2D eigenvalue weighted by molar-refractivity contribution is 0.0500. The highest BCUT2D eigenvalue weighted by atomic mass is 32.1. The van der Waals surface area contributed by atoms with Crippen LogP contribution in [0.3, 0.4) is 0 Å². The van der Waals surface area contributed by atoms with Gasteiger partial charge in [0, 0.05) is 11.6 Å². The van der Waals surface area contributed by atoms with Gasteiger partial charge >= 0.3 is 5.97 Å². The molecule has 4 aromatic rings. The SMILES string of the molecule is CCCCOC(=O)c1cccc(-c2ccc(/C=C(/C#N)c3nc4ccccc4s3)o2)c1. The standard InChI is InChI=1S/C25H20N2O3S/c1-2-3-13-29-25(28)18-8-6-7-17(14-18)22-12-11-20(30-22)15-19(16-26)24-27-21-9-4-5-10-23(21)31-24/h4-12,14-15H,2-3,13H2,1H3/b19-15-. The number of hydrogen-bond acceptors (Lipinski definition) is 6. The van der Waals surface area contributed by atoms with E-state index in [4.69, 9.17) is 9.15 Å². The summed E-state index contributed by atoms with van der Waals surface area (Å²) in [6.07, 6.45) is 3.50. The second-order valence-electron chi connectivity index (χ2n) is 6.93. The molecule has 0 saturated carbocycles. The van der Waals surface area contributed by atoms with E-state index < -0.39 is 0 Å². The summed E-state index contributed by atoms with van der Waals surface area (Å²) in [7, 11) is 0. The van der Waals surface area contributed by atoms with Gasteiger partial charge in [0.2, 0.25) is 0 Å². The van der Waals surface area contributed by atoms with Gasteiger partial charge in [0.25, 0.3) is 0 Å². The molecule has 0 saturated heterocycles. The van der Waals surface area contributed by atoms with Gasteiger partial charge in [-0.3, -0.25) is 0 Å². The highest BCUT2D eigenvalue weighted by Gasteiger charge is 2.12. The molecule has 4 rings (SSSR count). The number of ether oxygens (including phenoxy) is 1. The maximum Gasteiger partial charge on any atom is 0.338 e. The summed E-state index contributed by atoms with van der Waals surface area (Å²) in [6.45, 7) is 2.46. The summed E-state index contributed by atoms with van der Waals surface area (Å²) in [5.41, 5.74) is 2.55. The fourth-order valence-corrected chi connectivity index (χ4v) is 3.98. The van der Waals surface area contributed by atoms with Gasteiger partial charge in [-0.25, -0.2) is 9.78 Å². The van der Waals surface area contributed by atoms with Crippen LogP contribution in [0, 0.1) is 11.3 Å². The lowest BCUT2D eigenvalue weighted by Crippen LogP contribution is -2.06. The highest BCUT2D eigenvalue weighted by Crippen LogP contribution is 2.30. The van der Waals surface area contributed by atoms with Crippen LogP contribution in [0.15, 0.2) is 65.1 Å². The normalized spacial score (nSPS) is 11.4. The molecule has 0 N–H and O–H groups in total. The predicted octanol–water partition coefficient (Wildman–Crippen LogP) is 6.58. The topological polar surface area (TPSA) is 76.1 Å². The molecule has 0 radical (unpaired) electrons. The number of unbranched alkanes of at least 4 members (excludes halogenated alkanes) is 1. The zero-order valence-electron chi connectivity index (χ0n) is 17.0. The monoisotopic (exact) mass is 428 g/mol. The van der Waals surface area contributed by atoms with Crippen LogP contribution in [-0.2, 0) is 4.74 Å². The summed E-state index contributed by atoms with van der Waals surface area (Å²) in [5.74, 6) is 0.808. The van der Waals surface area contributed by atoms with Crippen LogP contribution >= 0.6 is 11.3 Å². The number of rotatable bonds is 7. The molecule has 154 valence electrons. The number of para-hydroxylation sites is 1. The summed E-state index contributed by atoms with van der Waals surface area (Å²) >= 11 is 1.47. The van der Waals surface area contributed by atoms with E-state index in [1.807, 2.05) is 43.3 Å². The number of allylic oxidation sites excluding steroid dienone is 1. The Morgan fingerprint density at radius 2 is 2.06 bits per heavy atom. The minimum Gasteiger partial charge on any atom is -0.462 e. The zero-order chi connectivity index (χ0) is 21.6. The van der Waals surface area contributed by atoms with Crippen LogP contribution in [0.1, 0.15) is 40.9 Å². The summed E-state index contributed by atoms with van der Waals surface area (Å²) in [6, 6.07) is 20.8. The number of esters is 1. The average molecular weight is 429 g/mol. The maximum atomic E-state index is 12.2. The Balaban J connectivity index is 1.57. The van der Waals surface area contributed by atoms with E-state index in [2.05, 4.69) is 11.1 Å². The Kier molecular flexibility index (Phi) is 6.25. The largest absolute Gasteiger partial charge is 0.462 e. The molecule has 0 bridgehead atoms. The van der Waals surface area contributed by atoms with Gasteiger partial charge in [-0.1, -0.05) is 37.6 Å². The Labute approximate surface area is 184 Å². The van der Waals surface area contributed by atoms with Crippen molar-refractivity contribution in [2.75, 3.05) is 6.61 Å². The Morgan fingerprint density at radius 3 is 2.87 bits per heavy atom. The molecule has 0 aliphatic heterocycles. The minimum absolute atomic E-state index is 0.343. The van der Waals surface area contributed by atoms with Crippen molar-refractivity contribution in [1.29, 1.82) is 5.26 Å². The van der Waals surface area contributed by atoms with Gasteiger partial charge in [-0.15, -0.1) is 11.3 Å². The van der Waals surface area contributed by atoms with Crippen molar-refractivity contribution in [1.82, 2.24) is 4.98 Å². The van der Waals surface area contributed by atoms with Crippen molar-refractivity contribution in [3.63, 3.8) is 0 Å². The molecule has 0 atom stereocenters. The van der Waals surface area contributed by atoms with Gasteiger partial charge < -0.3 is 9.15 Å². The lowest BCUT2D eigenvalue weighted by Gasteiger charge is -2.05.